The van der Waals surface area contributed by atoms with E-state index in [-0.39, 0.29) is 19.6 Å². The maximum absolute atomic E-state index is 11.9. The number of nitrogens with zero attached hydrogens (tertiary/aromatic N) is 1. The highest BCUT2D eigenvalue weighted by molar-refractivity contribution is 5.83. The molecule has 0 saturated heterocycles. The monoisotopic (exact) mass is 352 g/mol. The third kappa shape index (κ3) is 8.56. The molecule has 0 radical (unpaired) electrons. The van der Waals surface area contributed by atoms with Crippen molar-refractivity contribution < 1.29 is 24.3 Å². The lowest BCUT2D eigenvalue weighted by Crippen LogP contribution is -2.43. The van der Waals surface area contributed by atoms with Crippen molar-refractivity contribution in [3.05, 3.63) is 29.8 Å². The van der Waals surface area contributed by atoms with E-state index in [9.17, 15) is 14.4 Å². The summed E-state index contributed by atoms with van der Waals surface area (Å²) in [7, 11) is 0. The van der Waals surface area contributed by atoms with Gasteiger partial charge in [-0.25, -0.2) is 9.86 Å². The first-order valence-electron chi connectivity index (χ1n) is 7.93. The highest BCUT2D eigenvalue weighted by Gasteiger charge is 2.13. The van der Waals surface area contributed by atoms with Crippen LogP contribution in [0.5, 0.6) is 0 Å². The number of anilines is 1. The first-order valence-corrected chi connectivity index (χ1v) is 7.93. The summed E-state index contributed by atoms with van der Waals surface area (Å²) >= 11 is 0. The Hall–Kier alpha value is -2.81. The fourth-order valence-corrected chi connectivity index (χ4v) is 1.86. The van der Waals surface area contributed by atoms with Crippen LogP contribution < -0.4 is 16.4 Å². The normalized spacial score (nSPS) is 10.1. The molecule has 0 bridgehead atoms. The molecule has 1 rings (SSSR count). The van der Waals surface area contributed by atoms with Crippen molar-refractivity contribution in [2.45, 2.75) is 26.3 Å². The maximum Gasteiger partial charge on any atom is 0.315 e. The molecule has 0 aromatic heterocycles. The van der Waals surface area contributed by atoms with Gasteiger partial charge in [-0.05, 0) is 31.0 Å². The van der Waals surface area contributed by atoms with E-state index < -0.39 is 17.9 Å². The summed E-state index contributed by atoms with van der Waals surface area (Å²) in [5.74, 6) is -1.34. The first-order chi connectivity index (χ1) is 11.9. The number of carbonyl (C=O) groups excluding carboxylic acids is 2. The van der Waals surface area contributed by atoms with Gasteiger partial charge < -0.3 is 21.5 Å². The summed E-state index contributed by atoms with van der Waals surface area (Å²) in [5, 5.41) is 14.7. The Morgan fingerprint density at radius 3 is 2.48 bits per heavy atom. The third-order valence-electron chi connectivity index (χ3n) is 3.18. The van der Waals surface area contributed by atoms with Crippen LogP contribution in [0.3, 0.4) is 0 Å². The quantitative estimate of drug-likeness (QED) is 0.278. The maximum atomic E-state index is 11.9. The predicted molar refractivity (Wildman–Crippen MR) is 91.3 cm³/mol. The van der Waals surface area contributed by atoms with Gasteiger partial charge in [0.25, 0.3) is 5.91 Å². The van der Waals surface area contributed by atoms with Crippen molar-refractivity contribution in [2.24, 2.45) is 0 Å². The average Bonchev–Trinajstić information content (AvgIpc) is 2.59. The SMILES string of the molecule is CCN(OCCCC(=O)O)C(=O)CNC(=O)NCc1ccc(N)cc1. The Kier molecular flexibility index (Phi) is 8.80. The second-order valence-electron chi connectivity index (χ2n) is 5.20. The minimum atomic E-state index is -0.919. The van der Waals surface area contributed by atoms with E-state index in [1.165, 1.54) is 0 Å². The van der Waals surface area contributed by atoms with Gasteiger partial charge in [-0.1, -0.05) is 12.1 Å². The zero-order valence-electron chi connectivity index (χ0n) is 14.2. The lowest BCUT2D eigenvalue weighted by molar-refractivity contribution is -0.184. The summed E-state index contributed by atoms with van der Waals surface area (Å²) in [6.45, 7) is 2.22. The third-order valence-corrected chi connectivity index (χ3v) is 3.18. The van der Waals surface area contributed by atoms with Crippen LogP contribution in [0.15, 0.2) is 24.3 Å². The number of aliphatic carboxylic acids is 1. The molecule has 0 atom stereocenters. The van der Waals surface area contributed by atoms with Gasteiger partial charge in [0, 0.05) is 25.2 Å². The van der Waals surface area contributed by atoms with Gasteiger partial charge in [-0.15, -0.1) is 0 Å². The Labute approximate surface area is 146 Å². The van der Waals surface area contributed by atoms with Crippen LogP contribution in [0, 0.1) is 0 Å². The Balaban J connectivity index is 2.26. The molecule has 9 heteroatoms. The van der Waals surface area contributed by atoms with Gasteiger partial charge >= 0.3 is 12.0 Å². The van der Waals surface area contributed by atoms with E-state index in [0.29, 0.717) is 25.2 Å². The van der Waals surface area contributed by atoms with Crippen molar-refractivity contribution in [3.63, 3.8) is 0 Å². The zero-order valence-corrected chi connectivity index (χ0v) is 14.2. The Morgan fingerprint density at radius 1 is 1.20 bits per heavy atom. The van der Waals surface area contributed by atoms with Crippen molar-refractivity contribution in [1.82, 2.24) is 15.7 Å². The van der Waals surface area contributed by atoms with Gasteiger partial charge in [0.15, 0.2) is 0 Å². The molecular formula is C16H24N4O5. The number of nitrogen functional groups attached to an aromatic ring is 1. The van der Waals surface area contributed by atoms with Crippen LogP contribution in [0.2, 0.25) is 0 Å². The lowest BCUT2D eigenvalue weighted by atomic mass is 10.2. The molecule has 0 unspecified atom stereocenters. The van der Waals surface area contributed by atoms with Gasteiger partial charge in [-0.2, -0.15) is 0 Å². The van der Waals surface area contributed by atoms with Crippen LogP contribution in [-0.2, 0) is 21.0 Å². The van der Waals surface area contributed by atoms with Crippen LogP contribution >= 0.6 is 0 Å². The fraction of sp³-hybridized carbons (Fsp3) is 0.438. The molecule has 0 aliphatic heterocycles. The molecular weight excluding hydrogens is 328 g/mol. The number of likely N-dealkylation sites (N-methyl/N-ethyl adjacent to an activating group) is 1. The molecule has 25 heavy (non-hydrogen) atoms. The van der Waals surface area contributed by atoms with E-state index in [1.807, 2.05) is 0 Å². The highest BCUT2D eigenvalue weighted by atomic mass is 16.7. The number of hydroxylamine groups is 2. The molecule has 138 valence electrons. The van der Waals surface area contributed by atoms with Crippen LogP contribution in [0.4, 0.5) is 10.5 Å². The molecule has 0 aliphatic rings. The summed E-state index contributed by atoms with van der Waals surface area (Å²) in [4.78, 5) is 39.3. The molecule has 9 nitrogen and oxygen atoms in total. The summed E-state index contributed by atoms with van der Waals surface area (Å²) in [5.41, 5.74) is 7.10. The largest absolute Gasteiger partial charge is 0.481 e. The van der Waals surface area contributed by atoms with Crippen molar-refractivity contribution in [1.29, 1.82) is 0 Å². The number of nitrogens with one attached hydrogen (secondary N) is 2. The number of carbonyl (C=O) groups is 3. The van der Waals surface area contributed by atoms with Crippen LogP contribution in [-0.4, -0.2) is 47.8 Å². The number of carboxylic acids is 1. The lowest BCUT2D eigenvalue weighted by Gasteiger charge is -2.20. The number of amides is 3. The van der Waals surface area contributed by atoms with Crippen LogP contribution in [0.25, 0.3) is 0 Å². The zero-order chi connectivity index (χ0) is 18.7. The fourth-order valence-electron chi connectivity index (χ4n) is 1.86. The Morgan fingerprint density at radius 2 is 1.88 bits per heavy atom. The van der Waals surface area contributed by atoms with E-state index >= 15 is 0 Å². The number of urea groups is 1. The van der Waals surface area contributed by atoms with E-state index in [4.69, 9.17) is 15.7 Å². The number of hydrogen-bond acceptors (Lipinski definition) is 5. The molecule has 1 aromatic rings. The van der Waals surface area contributed by atoms with Crippen molar-refractivity contribution in [2.75, 3.05) is 25.4 Å². The van der Waals surface area contributed by atoms with Gasteiger partial charge in [0.05, 0.1) is 6.61 Å². The molecule has 1 aromatic carbocycles. The first kappa shape index (κ1) is 20.2. The minimum Gasteiger partial charge on any atom is -0.481 e. The standard InChI is InChI=1S/C16H24N4O5/c1-2-20(25-9-3-4-15(22)23)14(21)11-19-16(24)18-10-12-5-7-13(17)8-6-12/h5-8H,2-4,9-11,17H2,1H3,(H,22,23)(H2,18,19,24). The van der Waals surface area contributed by atoms with E-state index in [2.05, 4.69) is 10.6 Å². The smallest absolute Gasteiger partial charge is 0.315 e. The number of benzene rings is 1. The molecule has 0 fully saturated rings. The topological polar surface area (TPSA) is 134 Å². The van der Waals surface area contributed by atoms with Gasteiger partial charge in [0.1, 0.15) is 6.54 Å². The second-order valence-corrected chi connectivity index (χ2v) is 5.20. The summed E-state index contributed by atoms with van der Waals surface area (Å²) < 4.78 is 0. The molecule has 5 N–H and O–H groups in total. The second kappa shape index (κ2) is 10.9. The van der Waals surface area contributed by atoms with Crippen LogP contribution in [0.1, 0.15) is 25.3 Å². The Bertz CT molecular complexity index is 576. The number of rotatable bonds is 10. The van der Waals surface area contributed by atoms with Gasteiger partial charge in [0.2, 0.25) is 0 Å². The van der Waals surface area contributed by atoms with E-state index in [0.717, 1.165) is 10.6 Å². The number of carboxylic acid groups (broad SMARTS) is 1. The predicted octanol–water partition coefficient (Wildman–Crippen LogP) is 0.713. The number of nitrogens with two attached hydrogens (primary N) is 1. The summed E-state index contributed by atoms with van der Waals surface area (Å²) in [6.07, 6.45) is 0.270. The molecule has 0 saturated carbocycles. The molecule has 0 spiro atoms. The summed E-state index contributed by atoms with van der Waals surface area (Å²) in [6, 6.07) is 6.58. The van der Waals surface area contributed by atoms with Gasteiger partial charge in [-0.3, -0.25) is 14.4 Å². The van der Waals surface area contributed by atoms with E-state index in [1.54, 1.807) is 31.2 Å². The molecule has 0 aliphatic carbocycles. The average molecular weight is 352 g/mol. The highest BCUT2D eigenvalue weighted by Crippen LogP contribution is 2.04. The minimum absolute atomic E-state index is 0.0302. The molecule has 3 amide bonds. The van der Waals surface area contributed by atoms with Crippen molar-refractivity contribution >= 4 is 23.6 Å². The molecule has 0 heterocycles. The number of hydrogen-bond donors (Lipinski definition) is 4. The van der Waals surface area contributed by atoms with Crippen molar-refractivity contribution in [3.8, 4) is 0 Å².